The van der Waals surface area contributed by atoms with Gasteiger partial charge in [0.05, 0.1) is 10.0 Å². The highest BCUT2D eigenvalue weighted by Crippen LogP contribution is 2.47. The van der Waals surface area contributed by atoms with Crippen LogP contribution in [0, 0.1) is 0 Å². The Bertz CT molecular complexity index is 436. The van der Waals surface area contributed by atoms with Gasteiger partial charge in [0.25, 0.3) is 0 Å². The highest BCUT2D eigenvalue weighted by molar-refractivity contribution is 8.00. The second kappa shape index (κ2) is 5.76. The molecule has 6 heteroatoms. The van der Waals surface area contributed by atoms with Crippen molar-refractivity contribution in [2.45, 2.75) is 24.5 Å². The molecule has 1 aliphatic rings. The zero-order valence-corrected chi connectivity index (χ0v) is 12.8. The van der Waals surface area contributed by atoms with Gasteiger partial charge in [-0.15, -0.1) is 0 Å². The second-order valence-corrected chi connectivity index (χ2v) is 6.51. The van der Waals surface area contributed by atoms with E-state index in [1.165, 1.54) is 12.8 Å². The fraction of sp³-hybridized carbons (Fsp3) is 0.583. The van der Waals surface area contributed by atoms with Crippen molar-refractivity contribution in [1.82, 2.24) is 4.98 Å². The van der Waals surface area contributed by atoms with E-state index in [1.54, 1.807) is 6.07 Å². The van der Waals surface area contributed by atoms with Gasteiger partial charge < -0.3 is 10.6 Å². The minimum absolute atomic E-state index is 0.378. The van der Waals surface area contributed by atoms with Crippen molar-refractivity contribution in [2.75, 3.05) is 30.0 Å². The number of rotatable bonds is 6. The third-order valence-corrected chi connectivity index (χ3v) is 5.09. The van der Waals surface area contributed by atoms with Gasteiger partial charge in [0, 0.05) is 17.8 Å². The van der Waals surface area contributed by atoms with Crippen molar-refractivity contribution < 1.29 is 0 Å². The molecule has 0 unspecified atom stereocenters. The van der Waals surface area contributed by atoms with Crippen LogP contribution in [0.25, 0.3) is 0 Å². The molecule has 2 rings (SSSR count). The molecule has 1 heterocycles. The first-order valence-electron chi connectivity index (χ1n) is 5.99. The van der Waals surface area contributed by atoms with E-state index in [0.29, 0.717) is 26.4 Å². The summed E-state index contributed by atoms with van der Waals surface area (Å²) >= 11 is 14.1. The first-order chi connectivity index (χ1) is 8.60. The fourth-order valence-corrected chi connectivity index (χ4v) is 2.94. The van der Waals surface area contributed by atoms with Gasteiger partial charge in [0.2, 0.25) is 0 Å². The van der Waals surface area contributed by atoms with Gasteiger partial charge in [-0.1, -0.05) is 23.2 Å². The summed E-state index contributed by atoms with van der Waals surface area (Å²) in [5.74, 6) is 1.39. The molecule has 0 amide bonds. The quantitative estimate of drug-likeness (QED) is 0.828. The van der Waals surface area contributed by atoms with Crippen LogP contribution in [0.1, 0.15) is 19.8 Å². The van der Waals surface area contributed by atoms with E-state index in [-0.39, 0.29) is 0 Å². The molecule has 0 bridgehead atoms. The first-order valence-corrected chi connectivity index (χ1v) is 7.97. The van der Waals surface area contributed by atoms with E-state index in [1.807, 2.05) is 18.7 Å². The van der Waals surface area contributed by atoms with Gasteiger partial charge >= 0.3 is 0 Å². The molecule has 1 aliphatic carbocycles. The number of hydrogen-bond donors (Lipinski definition) is 2. The van der Waals surface area contributed by atoms with Crippen molar-refractivity contribution >= 4 is 46.6 Å². The fourth-order valence-electron chi connectivity index (χ4n) is 1.72. The van der Waals surface area contributed by atoms with Gasteiger partial charge in [-0.25, -0.2) is 4.98 Å². The summed E-state index contributed by atoms with van der Waals surface area (Å²) in [5.41, 5.74) is 0. The number of pyridine rings is 1. The van der Waals surface area contributed by atoms with Crippen LogP contribution in [-0.4, -0.2) is 29.1 Å². The summed E-state index contributed by atoms with van der Waals surface area (Å²) in [7, 11) is 0. The molecule has 0 atom stereocenters. The number of thioether (sulfide) groups is 1. The molecule has 0 saturated heterocycles. The van der Waals surface area contributed by atoms with Crippen LogP contribution >= 0.6 is 35.0 Å². The number of halogens is 2. The lowest BCUT2D eigenvalue weighted by atomic mass is 10.3. The highest BCUT2D eigenvalue weighted by atomic mass is 35.5. The van der Waals surface area contributed by atoms with Crippen molar-refractivity contribution in [3.63, 3.8) is 0 Å². The van der Waals surface area contributed by atoms with Crippen LogP contribution in [0.4, 0.5) is 11.6 Å². The summed E-state index contributed by atoms with van der Waals surface area (Å²) in [5, 5.41) is 7.58. The maximum Gasteiger partial charge on any atom is 0.147 e. The lowest BCUT2D eigenvalue weighted by Gasteiger charge is -2.16. The molecule has 1 saturated carbocycles. The molecule has 3 nitrogen and oxygen atoms in total. The molecule has 0 spiro atoms. The SMILES string of the molecule is CCNc1nc(NCC2(SC)CC2)c(Cl)cc1Cl. The molecule has 2 N–H and O–H groups in total. The normalized spacial score (nSPS) is 16.4. The maximum absolute atomic E-state index is 6.15. The molecule has 100 valence electrons. The number of nitrogens with one attached hydrogen (secondary N) is 2. The Balaban J connectivity index is 2.09. The molecular formula is C12H17Cl2N3S. The third kappa shape index (κ3) is 3.16. The summed E-state index contributed by atoms with van der Waals surface area (Å²) < 4.78 is 0.378. The minimum atomic E-state index is 0.378. The predicted molar refractivity (Wildman–Crippen MR) is 82.4 cm³/mol. The van der Waals surface area contributed by atoms with Crippen molar-refractivity contribution in [1.29, 1.82) is 0 Å². The molecule has 0 aromatic carbocycles. The zero-order chi connectivity index (χ0) is 13.2. The smallest absolute Gasteiger partial charge is 0.147 e. The number of nitrogens with zero attached hydrogens (tertiary/aromatic N) is 1. The Morgan fingerprint density at radius 1 is 1.28 bits per heavy atom. The molecule has 0 radical (unpaired) electrons. The van der Waals surface area contributed by atoms with Gasteiger partial charge in [0.1, 0.15) is 11.6 Å². The van der Waals surface area contributed by atoms with Crippen LogP contribution < -0.4 is 10.6 Å². The molecule has 1 aromatic rings. The van der Waals surface area contributed by atoms with E-state index in [9.17, 15) is 0 Å². The monoisotopic (exact) mass is 305 g/mol. The largest absolute Gasteiger partial charge is 0.369 e. The van der Waals surface area contributed by atoms with E-state index in [4.69, 9.17) is 23.2 Å². The van der Waals surface area contributed by atoms with Gasteiger partial charge in [-0.2, -0.15) is 11.8 Å². The summed E-state index contributed by atoms with van der Waals surface area (Å²) in [6.45, 7) is 3.68. The second-order valence-electron chi connectivity index (χ2n) is 4.42. The van der Waals surface area contributed by atoms with Crippen LogP contribution in [0.3, 0.4) is 0 Å². The summed E-state index contributed by atoms with van der Waals surface area (Å²) in [6, 6.07) is 1.73. The minimum Gasteiger partial charge on any atom is -0.369 e. The number of hydrogen-bond acceptors (Lipinski definition) is 4. The standard InChI is InChI=1S/C12H17Cl2N3S/c1-3-15-10-8(13)6-9(14)11(17-10)16-7-12(18-2)4-5-12/h6H,3-5,7H2,1-2H3,(H2,15,16,17). The summed E-state index contributed by atoms with van der Waals surface area (Å²) in [4.78, 5) is 4.43. The molecular weight excluding hydrogens is 289 g/mol. The predicted octanol–water partition coefficient (Wildman–Crippen LogP) is 4.13. The van der Waals surface area contributed by atoms with E-state index in [0.717, 1.165) is 13.1 Å². The Kier molecular flexibility index (Phi) is 4.51. The topological polar surface area (TPSA) is 37.0 Å². The van der Waals surface area contributed by atoms with E-state index in [2.05, 4.69) is 21.9 Å². The van der Waals surface area contributed by atoms with Crippen molar-refractivity contribution in [2.24, 2.45) is 0 Å². The van der Waals surface area contributed by atoms with E-state index < -0.39 is 0 Å². The lowest BCUT2D eigenvalue weighted by Crippen LogP contribution is -2.18. The van der Waals surface area contributed by atoms with Crippen LogP contribution in [0.5, 0.6) is 0 Å². The Morgan fingerprint density at radius 2 is 1.89 bits per heavy atom. The average Bonchev–Trinajstić information content (AvgIpc) is 3.12. The summed E-state index contributed by atoms with van der Waals surface area (Å²) in [6.07, 6.45) is 4.66. The van der Waals surface area contributed by atoms with Gasteiger partial charge in [0.15, 0.2) is 0 Å². The molecule has 1 aromatic heterocycles. The van der Waals surface area contributed by atoms with Crippen LogP contribution in [0.2, 0.25) is 10.0 Å². The van der Waals surface area contributed by atoms with Gasteiger partial charge in [-0.3, -0.25) is 0 Å². The lowest BCUT2D eigenvalue weighted by molar-refractivity contribution is 0.940. The van der Waals surface area contributed by atoms with Crippen LogP contribution in [0.15, 0.2) is 6.07 Å². The Hall–Kier alpha value is -0.320. The van der Waals surface area contributed by atoms with Crippen molar-refractivity contribution in [3.8, 4) is 0 Å². The number of aromatic nitrogens is 1. The zero-order valence-electron chi connectivity index (χ0n) is 10.5. The maximum atomic E-state index is 6.15. The Labute approximate surface area is 122 Å². The highest BCUT2D eigenvalue weighted by Gasteiger charge is 2.41. The van der Waals surface area contributed by atoms with Gasteiger partial charge in [-0.05, 0) is 32.1 Å². The average molecular weight is 306 g/mol. The van der Waals surface area contributed by atoms with Crippen LogP contribution in [-0.2, 0) is 0 Å². The molecule has 1 fully saturated rings. The first kappa shape index (κ1) is 14.1. The molecule has 18 heavy (non-hydrogen) atoms. The third-order valence-electron chi connectivity index (χ3n) is 3.09. The van der Waals surface area contributed by atoms with E-state index >= 15 is 0 Å². The Morgan fingerprint density at radius 3 is 2.39 bits per heavy atom. The molecule has 0 aliphatic heterocycles. The number of anilines is 2. The van der Waals surface area contributed by atoms with Crippen molar-refractivity contribution in [3.05, 3.63) is 16.1 Å².